The monoisotopic (exact) mass is 335 g/mol. The van der Waals surface area contributed by atoms with Crippen LogP contribution in [0.2, 0.25) is 0 Å². The van der Waals surface area contributed by atoms with Crippen molar-refractivity contribution in [1.82, 2.24) is 25.0 Å². The second kappa shape index (κ2) is 7.61. The van der Waals surface area contributed by atoms with Crippen molar-refractivity contribution in [2.45, 2.75) is 71.2 Å². The SMILES string of the molecule is Cc1nc(C)n(C[C@@H]2CCCN2[C@H](C)C(=O)NC[C@@H]2CCCO2)n1. The summed E-state index contributed by atoms with van der Waals surface area (Å²) in [6.45, 7) is 9.11. The van der Waals surface area contributed by atoms with Gasteiger partial charge >= 0.3 is 0 Å². The highest BCUT2D eigenvalue weighted by molar-refractivity contribution is 5.81. The van der Waals surface area contributed by atoms with Crippen LogP contribution in [-0.2, 0) is 16.1 Å². The van der Waals surface area contributed by atoms with E-state index in [4.69, 9.17) is 4.74 Å². The maximum absolute atomic E-state index is 12.5. The van der Waals surface area contributed by atoms with Crippen LogP contribution in [0.1, 0.15) is 44.3 Å². The van der Waals surface area contributed by atoms with E-state index in [1.54, 1.807) is 0 Å². The topological polar surface area (TPSA) is 72.3 Å². The fourth-order valence-electron chi connectivity index (χ4n) is 3.82. The van der Waals surface area contributed by atoms with Crippen molar-refractivity contribution in [3.8, 4) is 0 Å². The van der Waals surface area contributed by atoms with Gasteiger partial charge in [-0.1, -0.05) is 0 Å². The van der Waals surface area contributed by atoms with E-state index in [2.05, 4.69) is 20.3 Å². The first-order chi connectivity index (χ1) is 11.5. The van der Waals surface area contributed by atoms with Gasteiger partial charge in [-0.05, 0) is 53.0 Å². The summed E-state index contributed by atoms with van der Waals surface area (Å²) in [6.07, 6.45) is 4.56. The van der Waals surface area contributed by atoms with Gasteiger partial charge in [0.15, 0.2) is 0 Å². The number of carbonyl (C=O) groups excluding carboxylic acids is 1. The third-order valence-electron chi connectivity index (χ3n) is 5.17. The van der Waals surface area contributed by atoms with Crippen molar-refractivity contribution >= 4 is 5.91 Å². The fraction of sp³-hybridized carbons (Fsp3) is 0.824. The molecule has 3 heterocycles. The van der Waals surface area contributed by atoms with E-state index in [0.717, 1.165) is 57.0 Å². The number of rotatable bonds is 6. The van der Waals surface area contributed by atoms with Gasteiger partial charge in [0, 0.05) is 19.2 Å². The number of aryl methyl sites for hydroxylation is 2. The number of amides is 1. The molecule has 7 nitrogen and oxygen atoms in total. The van der Waals surface area contributed by atoms with Crippen molar-refractivity contribution in [3.63, 3.8) is 0 Å². The lowest BCUT2D eigenvalue weighted by Gasteiger charge is -2.30. The maximum Gasteiger partial charge on any atom is 0.237 e. The summed E-state index contributed by atoms with van der Waals surface area (Å²) in [4.78, 5) is 19.2. The predicted octanol–water partition coefficient (Wildman–Crippen LogP) is 1.04. The van der Waals surface area contributed by atoms with Crippen LogP contribution in [0.3, 0.4) is 0 Å². The van der Waals surface area contributed by atoms with Crippen LogP contribution in [0.25, 0.3) is 0 Å². The molecular formula is C17H29N5O2. The van der Waals surface area contributed by atoms with E-state index in [9.17, 15) is 4.79 Å². The summed E-state index contributed by atoms with van der Waals surface area (Å²) in [5, 5.41) is 7.52. The molecule has 1 amide bonds. The number of carbonyl (C=O) groups is 1. The molecule has 0 spiro atoms. The molecule has 0 saturated carbocycles. The Morgan fingerprint density at radius 2 is 2.21 bits per heavy atom. The van der Waals surface area contributed by atoms with Crippen molar-refractivity contribution in [1.29, 1.82) is 0 Å². The van der Waals surface area contributed by atoms with E-state index in [0.29, 0.717) is 12.6 Å². The van der Waals surface area contributed by atoms with Gasteiger partial charge in [0.05, 0.1) is 18.7 Å². The first-order valence-corrected chi connectivity index (χ1v) is 9.07. The molecule has 2 aliphatic rings. The highest BCUT2D eigenvalue weighted by atomic mass is 16.5. The summed E-state index contributed by atoms with van der Waals surface area (Å²) in [7, 11) is 0. The highest BCUT2D eigenvalue weighted by Gasteiger charge is 2.33. The molecule has 3 atom stereocenters. The van der Waals surface area contributed by atoms with Gasteiger partial charge in [-0.15, -0.1) is 0 Å². The average molecular weight is 335 g/mol. The number of aromatic nitrogens is 3. The molecule has 0 aliphatic carbocycles. The van der Waals surface area contributed by atoms with Crippen LogP contribution in [-0.4, -0.2) is 63.5 Å². The molecule has 0 aromatic carbocycles. The molecule has 7 heteroatoms. The zero-order valence-electron chi connectivity index (χ0n) is 15.0. The predicted molar refractivity (Wildman–Crippen MR) is 90.7 cm³/mol. The largest absolute Gasteiger partial charge is 0.376 e. The molecule has 0 bridgehead atoms. The standard InChI is InChI=1S/C17H29N5O2/c1-12(17(23)18-10-16-7-5-9-24-16)21-8-4-6-15(21)11-22-14(3)19-13(2)20-22/h12,15-16H,4-11H2,1-3H3,(H,18,23)/t12-,15+,16+/m1/s1. The van der Waals surface area contributed by atoms with Crippen LogP contribution < -0.4 is 5.32 Å². The second-order valence-electron chi connectivity index (χ2n) is 6.98. The van der Waals surface area contributed by atoms with Crippen LogP contribution >= 0.6 is 0 Å². The Labute approximate surface area is 143 Å². The molecule has 134 valence electrons. The van der Waals surface area contributed by atoms with E-state index in [1.807, 2.05) is 25.5 Å². The van der Waals surface area contributed by atoms with Crippen molar-refractivity contribution in [3.05, 3.63) is 11.6 Å². The molecule has 1 aromatic rings. The summed E-state index contributed by atoms with van der Waals surface area (Å²) >= 11 is 0. The molecule has 1 N–H and O–H groups in total. The Bertz CT molecular complexity index is 567. The number of nitrogens with zero attached hydrogens (tertiary/aromatic N) is 4. The van der Waals surface area contributed by atoms with Crippen molar-refractivity contribution < 1.29 is 9.53 Å². The minimum atomic E-state index is -0.121. The number of ether oxygens (including phenoxy) is 1. The Hall–Kier alpha value is -1.47. The Morgan fingerprint density at radius 3 is 2.88 bits per heavy atom. The van der Waals surface area contributed by atoms with Gasteiger partial charge in [-0.3, -0.25) is 9.69 Å². The summed E-state index contributed by atoms with van der Waals surface area (Å²) in [5.41, 5.74) is 0. The average Bonchev–Trinajstić information content (AvgIpc) is 3.27. The van der Waals surface area contributed by atoms with Crippen LogP contribution in [0, 0.1) is 13.8 Å². The molecule has 0 radical (unpaired) electrons. The molecule has 0 unspecified atom stereocenters. The minimum Gasteiger partial charge on any atom is -0.376 e. The van der Waals surface area contributed by atoms with E-state index < -0.39 is 0 Å². The number of hydrogen-bond donors (Lipinski definition) is 1. The fourth-order valence-corrected chi connectivity index (χ4v) is 3.82. The highest BCUT2D eigenvalue weighted by Crippen LogP contribution is 2.22. The smallest absolute Gasteiger partial charge is 0.237 e. The van der Waals surface area contributed by atoms with Crippen molar-refractivity contribution in [2.75, 3.05) is 19.7 Å². The number of hydrogen-bond acceptors (Lipinski definition) is 5. The summed E-state index contributed by atoms with van der Waals surface area (Å²) < 4.78 is 7.54. The van der Waals surface area contributed by atoms with Crippen molar-refractivity contribution in [2.24, 2.45) is 0 Å². The van der Waals surface area contributed by atoms with E-state index in [1.165, 1.54) is 0 Å². The summed E-state index contributed by atoms with van der Waals surface area (Å²) in [6, 6.07) is 0.220. The Morgan fingerprint density at radius 1 is 1.38 bits per heavy atom. The van der Waals surface area contributed by atoms with Gasteiger partial charge in [0.1, 0.15) is 11.6 Å². The summed E-state index contributed by atoms with van der Waals surface area (Å²) in [5.74, 6) is 1.85. The molecule has 2 saturated heterocycles. The second-order valence-corrected chi connectivity index (χ2v) is 6.98. The van der Waals surface area contributed by atoms with Gasteiger partial charge in [0.2, 0.25) is 5.91 Å². The zero-order chi connectivity index (χ0) is 17.1. The van der Waals surface area contributed by atoms with Crippen LogP contribution in [0.4, 0.5) is 0 Å². The molecular weight excluding hydrogens is 306 g/mol. The zero-order valence-corrected chi connectivity index (χ0v) is 15.0. The number of nitrogens with one attached hydrogen (secondary N) is 1. The lowest BCUT2D eigenvalue weighted by Crippen LogP contribution is -2.49. The Kier molecular flexibility index (Phi) is 5.50. The lowest BCUT2D eigenvalue weighted by atomic mass is 10.1. The van der Waals surface area contributed by atoms with Gasteiger partial charge in [-0.2, -0.15) is 5.10 Å². The molecule has 2 aliphatic heterocycles. The van der Waals surface area contributed by atoms with E-state index in [-0.39, 0.29) is 18.1 Å². The van der Waals surface area contributed by atoms with Crippen LogP contribution in [0.15, 0.2) is 0 Å². The third kappa shape index (κ3) is 3.95. The maximum atomic E-state index is 12.5. The normalized spacial score (nSPS) is 26.0. The van der Waals surface area contributed by atoms with E-state index >= 15 is 0 Å². The van der Waals surface area contributed by atoms with Gasteiger partial charge < -0.3 is 10.1 Å². The minimum absolute atomic E-state index is 0.101. The Balaban J connectivity index is 1.55. The molecule has 1 aromatic heterocycles. The number of likely N-dealkylation sites (tertiary alicyclic amines) is 1. The first kappa shape index (κ1) is 17.4. The lowest BCUT2D eigenvalue weighted by molar-refractivity contribution is -0.126. The molecule has 24 heavy (non-hydrogen) atoms. The van der Waals surface area contributed by atoms with Crippen LogP contribution in [0.5, 0.6) is 0 Å². The van der Waals surface area contributed by atoms with Gasteiger partial charge in [-0.25, -0.2) is 9.67 Å². The quantitative estimate of drug-likeness (QED) is 0.841. The molecule has 2 fully saturated rings. The first-order valence-electron chi connectivity index (χ1n) is 9.07. The van der Waals surface area contributed by atoms with Gasteiger partial charge in [0.25, 0.3) is 0 Å². The third-order valence-corrected chi connectivity index (χ3v) is 5.17. The molecule has 3 rings (SSSR count).